The molecule has 5 aromatic rings. The fourth-order valence-electron chi connectivity index (χ4n) is 3.67. The van der Waals surface area contributed by atoms with E-state index in [1.807, 2.05) is 86.0 Å². The van der Waals surface area contributed by atoms with E-state index in [-0.39, 0.29) is 12.3 Å². The number of anilines is 1. The molecule has 0 aliphatic heterocycles. The van der Waals surface area contributed by atoms with E-state index in [9.17, 15) is 4.79 Å². The quantitative estimate of drug-likeness (QED) is 0.463. The Labute approximate surface area is 179 Å². The molecule has 0 fully saturated rings. The summed E-state index contributed by atoms with van der Waals surface area (Å²) in [5, 5.41) is 7.30. The third-order valence-corrected chi connectivity index (χ3v) is 5.24. The van der Waals surface area contributed by atoms with E-state index in [0.717, 1.165) is 39.4 Å². The van der Waals surface area contributed by atoms with Crippen LogP contribution < -0.4 is 5.32 Å². The minimum atomic E-state index is -0.0805. The minimum Gasteiger partial charge on any atom is -0.327 e. The topological polar surface area (TPSA) is 64.7 Å². The Morgan fingerprint density at radius 3 is 2.45 bits per heavy atom. The highest BCUT2D eigenvalue weighted by atomic mass is 16.1. The molecular formula is C25H21N5O. The number of nitrogens with zero attached hydrogens (tertiary/aromatic N) is 4. The van der Waals surface area contributed by atoms with Gasteiger partial charge in [0.05, 0.1) is 29.3 Å². The zero-order valence-corrected chi connectivity index (χ0v) is 17.1. The van der Waals surface area contributed by atoms with Gasteiger partial charge in [0.25, 0.3) is 0 Å². The molecular weight excluding hydrogens is 386 g/mol. The van der Waals surface area contributed by atoms with Crippen molar-refractivity contribution >= 4 is 22.6 Å². The molecule has 0 unspecified atom stereocenters. The van der Waals surface area contributed by atoms with Crippen molar-refractivity contribution in [1.82, 2.24) is 19.3 Å². The van der Waals surface area contributed by atoms with Gasteiger partial charge in [0.1, 0.15) is 5.82 Å². The number of aryl methyl sites for hydroxylation is 1. The van der Waals surface area contributed by atoms with Crippen LogP contribution in [0.2, 0.25) is 0 Å². The number of hydrogen-bond acceptors (Lipinski definition) is 3. The number of carbonyl (C=O) groups excluding carboxylic acids is 1. The normalized spacial score (nSPS) is 11.0. The van der Waals surface area contributed by atoms with E-state index >= 15 is 0 Å². The summed E-state index contributed by atoms with van der Waals surface area (Å²) in [5.74, 6) is 0.815. The average molecular weight is 407 g/mol. The highest BCUT2D eigenvalue weighted by Crippen LogP contribution is 2.24. The Balaban J connectivity index is 1.27. The first-order chi connectivity index (χ1) is 15.2. The molecule has 6 nitrogen and oxygen atoms in total. The van der Waals surface area contributed by atoms with Crippen molar-refractivity contribution < 1.29 is 4.79 Å². The molecule has 5 rings (SSSR count). The summed E-state index contributed by atoms with van der Waals surface area (Å²) in [6, 6.07) is 25.6. The van der Waals surface area contributed by atoms with Crippen molar-refractivity contribution in [2.24, 2.45) is 7.05 Å². The van der Waals surface area contributed by atoms with Gasteiger partial charge < -0.3 is 9.88 Å². The van der Waals surface area contributed by atoms with E-state index < -0.39 is 0 Å². The molecule has 2 heterocycles. The van der Waals surface area contributed by atoms with Crippen molar-refractivity contribution in [3.05, 3.63) is 96.8 Å². The molecule has 6 heteroatoms. The summed E-state index contributed by atoms with van der Waals surface area (Å²) in [6.07, 6.45) is 3.87. The van der Waals surface area contributed by atoms with Gasteiger partial charge in [-0.3, -0.25) is 4.79 Å². The Morgan fingerprint density at radius 1 is 0.935 bits per heavy atom. The summed E-state index contributed by atoms with van der Waals surface area (Å²) in [4.78, 5) is 17.2. The van der Waals surface area contributed by atoms with Gasteiger partial charge in [-0.1, -0.05) is 30.3 Å². The highest BCUT2D eigenvalue weighted by Gasteiger charge is 2.11. The maximum Gasteiger partial charge on any atom is 0.228 e. The minimum absolute atomic E-state index is 0.0805. The lowest BCUT2D eigenvalue weighted by Crippen LogP contribution is -2.14. The number of aromatic nitrogens is 4. The Hall–Kier alpha value is -4.19. The van der Waals surface area contributed by atoms with Crippen LogP contribution in [0.5, 0.6) is 0 Å². The molecule has 1 amide bonds. The monoisotopic (exact) mass is 407 g/mol. The molecule has 0 radical (unpaired) electrons. The van der Waals surface area contributed by atoms with Crippen LogP contribution in [0, 0.1) is 0 Å². The van der Waals surface area contributed by atoms with E-state index in [2.05, 4.69) is 21.0 Å². The smallest absolute Gasteiger partial charge is 0.228 e. The fourth-order valence-corrected chi connectivity index (χ4v) is 3.67. The van der Waals surface area contributed by atoms with E-state index in [4.69, 9.17) is 4.98 Å². The van der Waals surface area contributed by atoms with Crippen LogP contribution in [0.15, 0.2) is 91.3 Å². The number of amides is 1. The summed E-state index contributed by atoms with van der Waals surface area (Å²) in [6.45, 7) is 0. The molecule has 0 atom stereocenters. The van der Waals surface area contributed by atoms with E-state index in [0.29, 0.717) is 0 Å². The van der Waals surface area contributed by atoms with Gasteiger partial charge >= 0.3 is 0 Å². The third-order valence-electron chi connectivity index (χ3n) is 5.24. The molecule has 0 aliphatic carbocycles. The van der Waals surface area contributed by atoms with E-state index in [1.165, 1.54) is 0 Å². The summed E-state index contributed by atoms with van der Waals surface area (Å²) >= 11 is 0. The highest BCUT2D eigenvalue weighted by molar-refractivity contribution is 5.92. The van der Waals surface area contributed by atoms with Gasteiger partial charge in [0, 0.05) is 24.5 Å². The Kier molecular flexibility index (Phi) is 4.80. The lowest BCUT2D eigenvalue weighted by atomic mass is 10.2. The van der Waals surface area contributed by atoms with Gasteiger partial charge in [-0.2, -0.15) is 5.10 Å². The van der Waals surface area contributed by atoms with Crippen molar-refractivity contribution in [3.63, 3.8) is 0 Å². The first-order valence-corrected chi connectivity index (χ1v) is 10.1. The standard InChI is InChI=1S/C25H21N5O/c1-29-23-10-6-5-9-22(23)28-25(29)19-11-13-20(14-12-19)27-24(31)15-18-16-26-30(17-18)21-7-3-2-4-8-21/h2-14,16-17H,15H2,1H3,(H,27,31). The Bertz CT molecular complexity index is 1350. The summed E-state index contributed by atoms with van der Waals surface area (Å²) in [7, 11) is 2.01. The Morgan fingerprint density at radius 2 is 1.68 bits per heavy atom. The first kappa shape index (κ1) is 18.8. The average Bonchev–Trinajstić information content (AvgIpc) is 3.40. The molecule has 2 aromatic heterocycles. The number of benzene rings is 3. The largest absolute Gasteiger partial charge is 0.327 e. The summed E-state index contributed by atoms with van der Waals surface area (Å²) in [5.41, 5.74) is 5.63. The van der Waals surface area contributed by atoms with Crippen LogP contribution in [0.3, 0.4) is 0 Å². The van der Waals surface area contributed by atoms with Crippen LogP contribution >= 0.6 is 0 Å². The second-order valence-electron chi connectivity index (χ2n) is 7.41. The number of imidazole rings is 1. The second-order valence-corrected chi connectivity index (χ2v) is 7.41. The van der Waals surface area contributed by atoms with Crippen molar-refractivity contribution in [2.75, 3.05) is 5.32 Å². The van der Waals surface area contributed by atoms with Gasteiger partial charge in [0.15, 0.2) is 0 Å². The van der Waals surface area contributed by atoms with Crippen LogP contribution in [0.25, 0.3) is 28.1 Å². The number of hydrogen-bond donors (Lipinski definition) is 1. The van der Waals surface area contributed by atoms with Gasteiger partial charge in [-0.15, -0.1) is 0 Å². The van der Waals surface area contributed by atoms with E-state index in [1.54, 1.807) is 10.9 Å². The molecule has 152 valence electrons. The second kappa shape index (κ2) is 7.91. The van der Waals surface area contributed by atoms with Crippen LogP contribution in [0.1, 0.15) is 5.56 Å². The predicted octanol–water partition coefficient (Wildman–Crippen LogP) is 4.61. The van der Waals surface area contributed by atoms with Crippen molar-refractivity contribution in [3.8, 4) is 17.1 Å². The maximum absolute atomic E-state index is 12.5. The van der Waals surface area contributed by atoms with Gasteiger partial charge in [-0.05, 0) is 54.1 Å². The number of para-hydroxylation sites is 3. The lowest BCUT2D eigenvalue weighted by molar-refractivity contribution is -0.115. The van der Waals surface area contributed by atoms with Crippen LogP contribution in [0.4, 0.5) is 5.69 Å². The molecule has 0 bridgehead atoms. The molecule has 1 N–H and O–H groups in total. The fraction of sp³-hybridized carbons (Fsp3) is 0.0800. The molecule has 0 saturated heterocycles. The molecule has 0 spiro atoms. The zero-order valence-electron chi connectivity index (χ0n) is 17.1. The predicted molar refractivity (Wildman–Crippen MR) is 122 cm³/mol. The third kappa shape index (κ3) is 3.83. The first-order valence-electron chi connectivity index (χ1n) is 10.1. The number of carbonyl (C=O) groups is 1. The van der Waals surface area contributed by atoms with Crippen LogP contribution in [-0.4, -0.2) is 25.2 Å². The van der Waals surface area contributed by atoms with Gasteiger partial charge in [-0.25, -0.2) is 9.67 Å². The number of fused-ring (bicyclic) bond motifs is 1. The van der Waals surface area contributed by atoms with Crippen molar-refractivity contribution in [2.45, 2.75) is 6.42 Å². The molecule has 31 heavy (non-hydrogen) atoms. The lowest BCUT2D eigenvalue weighted by Gasteiger charge is -2.07. The van der Waals surface area contributed by atoms with Gasteiger partial charge in [0.2, 0.25) is 5.91 Å². The maximum atomic E-state index is 12.5. The molecule has 0 saturated carbocycles. The molecule has 0 aliphatic rings. The summed E-state index contributed by atoms with van der Waals surface area (Å²) < 4.78 is 3.85. The molecule has 3 aromatic carbocycles. The SMILES string of the molecule is Cn1c(-c2ccc(NC(=O)Cc3cnn(-c4ccccc4)c3)cc2)nc2ccccc21. The number of rotatable bonds is 5. The zero-order chi connectivity index (χ0) is 21.2. The van der Waals surface area contributed by atoms with Crippen LogP contribution in [-0.2, 0) is 18.3 Å². The number of nitrogens with one attached hydrogen (secondary N) is 1. The van der Waals surface area contributed by atoms with Crippen molar-refractivity contribution in [1.29, 1.82) is 0 Å².